The van der Waals surface area contributed by atoms with Gasteiger partial charge in [-0.15, -0.1) is 0 Å². The monoisotopic (exact) mass is 484 g/mol. The van der Waals surface area contributed by atoms with E-state index in [2.05, 4.69) is 15.3 Å². The Bertz CT molecular complexity index is 1120. The fourth-order valence-electron chi connectivity index (χ4n) is 4.20. The molecule has 1 fully saturated rings. The highest BCUT2D eigenvalue weighted by Crippen LogP contribution is 2.30. The molecule has 2 atom stereocenters. The first-order valence-corrected chi connectivity index (χ1v) is 11.7. The molecule has 34 heavy (non-hydrogen) atoms. The second-order valence-electron chi connectivity index (χ2n) is 8.22. The van der Waals surface area contributed by atoms with Crippen molar-refractivity contribution >= 4 is 23.3 Å². The van der Waals surface area contributed by atoms with Crippen LogP contribution in [0.3, 0.4) is 0 Å². The van der Waals surface area contributed by atoms with Gasteiger partial charge in [0.05, 0.1) is 20.3 Å². The number of carbonyl (C=O) groups is 1. The third kappa shape index (κ3) is 5.25. The summed E-state index contributed by atoms with van der Waals surface area (Å²) in [6.45, 7) is 2.67. The molecule has 0 radical (unpaired) electrons. The van der Waals surface area contributed by atoms with Crippen LogP contribution in [0.25, 0.3) is 5.95 Å². The van der Waals surface area contributed by atoms with Gasteiger partial charge in [-0.3, -0.25) is 9.36 Å². The molecule has 1 saturated heterocycles. The number of benzene rings is 1. The van der Waals surface area contributed by atoms with E-state index in [-0.39, 0.29) is 18.0 Å². The van der Waals surface area contributed by atoms with Crippen LogP contribution in [0.5, 0.6) is 11.5 Å². The molecule has 1 aliphatic rings. The van der Waals surface area contributed by atoms with Crippen LogP contribution in [0.1, 0.15) is 44.2 Å². The van der Waals surface area contributed by atoms with Crippen LogP contribution in [0.4, 0.5) is 5.82 Å². The number of halogens is 1. The predicted octanol–water partition coefficient (Wildman–Crippen LogP) is 3.96. The van der Waals surface area contributed by atoms with Crippen LogP contribution in [0, 0.1) is 0 Å². The van der Waals surface area contributed by atoms with Crippen molar-refractivity contribution in [3.63, 3.8) is 0 Å². The molecule has 4 rings (SSSR count). The van der Waals surface area contributed by atoms with Gasteiger partial charge >= 0.3 is 0 Å². The van der Waals surface area contributed by atoms with E-state index in [4.69, 9.17) is 26.1 Å². The van der Waals surface area contributed by atoms with Gasteiger partial charge in [-0.25, -0.2) is 9.97 Å². The van der Waals surface area contributed by atoms with Crippen molar-refractivity contribution in [2.75, 3.05) is 25.7 Å². The summed E-state index contributed by atoms with van der Waals surface area (Å²) in [6, 6.07) is 6.79. The lowest BCUT2D eigenvalue weighted by Gasteiger charge is -2.31. The summed E-state index contributed by atoms with van der Waals surface area (Å²) < 4.78 is 12.4. The summed E-state index contributed by atoms with van der Waals surface area (Å²) in [7, 11) is 3.19. The van der Waals surface area contributed by atoms with E-state index in [1.807, 2.05) is 30.0 Å². The number of nitrogens with one attached hydrogen (secondary N) is 1. The molecule has 0 bridgehead atoms. The topological polar surface area (TPSA) is 94.4 Å². The Hall–Kier alpha value is -3.33. The lowest BCUT2D eigenvalue weighted by Crippen LogP contribution is -2.47. The molecule has 10 heteroatoms. The van der Waals surface area contributed by atoms with E-state index < -0.39 is 0 Å². The summed E-state index contributed by atoms with van der Waals surface area (Å²) in [4.78, 5) is 28.6. The summed E-state index contributed by atoms with van der Waals surface area (Å²) in [5, 5.41) is 3.49. The van der Waals surface area contributed by atoms with Crippen molar-refractivity contribution < 1.29 is 14.3 Å². The van der Waals surface area contributed by atoms with E-state index in [0.29, 0.717) is 35.0 Å². The number of rotatable bonds is 7. The molecular formula is C24H29ClN6O3. The zero-order valence-corrected chi connectivity index (χ0v) is 20.3. The third-order valence-electron chi connectivity index (χ3n) is 6.02. The van der Waals surface area contributed by atoms with Gasteiger partial charge in [0.15, 0.2) is 11.5 Å². The molecule has 1 aliphatic heterocycles. The van der Waals surface area contributed by atoms with Crippen LogP contribution in [-0.2, 0) is 4.79 Å². The van der Waals surface area contributed by atoms with Crippen LogP contribution >= 0.6 is 11.6 Å². The molecule has 2 unspecified atom stereocenters. The molecule has 0 saturated carbocycles. The Morgan fingerprint density at radius 3 is 2.71 bits per heavy atom. The Morgan fingerprint density at radius 2 is 1.97 bits per heavy atom. The van der Waals surface area contributed by atoms with Gasteiger partial charge in [-0.05, 0) is 37.5 Å². The zero-order chi connectivity index (χ0) is 24.1. The molecule has 3 heterocycles. The highest BCUT2D eigenvalue weighted by molar-refractivity contribution is 6.29. The minimum atomic E-state index is -0.369. The number of hydrogen-bond acceptors (Lipinski definition) is 7. The van der Waals surface area contributed by atoms with Crippen molar-refractivity contribution in [2.24, 2.45) is 0 Å². The van der Waals surface area contributed by atoms with Crippen molar-refractivity contribution in [3.05, 3.63) is 53.7 Å². The first-order chi connectivity index (χ1) is 16.5. The van der Waals surface area contributed by atoms with Gasteiger partial charge in [0.2, 0.25) is 11.9 Å². The highest BCUT2D eigenvalue weighted by Gasteiger charge is 2.30. The largest absolute Gasteiger partial charge is 0.493 e. The van der Waals surface area contributed by atoms with E-state index in [1.54, 1.807) is 43.6 Å². The average Bonchev–Trinajstić information content (AvgIpc) is 3.27. The molecule has 1 aromatic carbocycles. The number of hydrogen-bond donors (Lipinski definition) is 1. The quantitative estimate of drug-likeness (QED) is 0.507. The van der Waals surface area contributed by atoms with E-state index in [1.165, 1.54) is 0 Å². The lowest BCUT2D eigenvalue weighted by molar-refractivity contribution is -0.123. The fraction of sp³-hybridized carbons (Fsp3) is 0.417. The molecule has 9 nitrogen and oxygen atoms in total. The number of aromatic nitrogens is 4. The zero-order valence-electron chi connectivity index (χ0n) is 19.6. The average molecular weight is 485 g/mol. The van der Waals surface area contributed by atoms with Crippen molar-refractivity contribution in [3.8, 4) is 17.4 Å². The Balaban J connectivity index is 1.57. The molecular weight excluding hydrogens is 456 g/mol. The number of anilines is 1. The van der Waals surface area contributed by atoms with Gasteiger partial charge in [-0.2, -0.15) is 4.98 Å². The third-order valence-corrected chi connectivity index (χ3v) is 6.21. The van der Waals surface area contributed by atoms with Gasteiger partial charge < -0.3 is 19.7 Å². The Labute approximate surface area is 204 Å². The SMILES string of the molecule is COc1ccc(C(C)NC(=O)C2CCCCCN2c2cc(Cl)nc(-n3ccnc3)n2)cc1OC. The van der Waals surface area contributed by atoms with Gasteiger partial charge in [0.1, 0.15) is 23.3 Å². The van der Waals surface area contributed by atoms with Crippen LogP contribution in [-0.4, -0.2) is 52.2 Å². The smallest absolute Gasteiger partial charge is 0.243 e. The molecule has 3 aromatic rings. The summed E-state index contributed by atoms with van der Waals surface area (Å²) in [6.07, 6.45) is 8.75. The molecule has 0 aliphatic carbocycles. The number of methoxy groups -OCH3 is 2. The molecule has 2 aromatic heterocycles. The minimum Gasteiger partial charge on any atom is -0.493 e. The fourth-order valence-corrected chi connectivity index (χ4v) is 4.38. The summed E-state index contributed by atoms with van der Waals surface area (Å²) >= 11 is 6.34. The van der Waals surface area contributed by atoms with E-state index in [9.17, 15) is 4.79 Å². The van der Waals surface area contributed by atoms with Crippen molar-refractivity contribution in [2.45, 2.75) is 44.7 Å². The second-order valence-corrected chi connectivity index (χ2v) is 8.61. The normalized spacial score (nSPS) is 17.1. The predicted molar refractivity (Wildman–Crippen MR) is 130 cm³/mol. The Morgan fingerprint density at radius 1 is 1.15 bits per heavy atom. The van der Waals surface area contributed by atoms with Gasteiger partial charge in [0.25, 0.3) is 0 Å². The lowest BCUT2D eigenvalue weighted by atomic mass is 10.1. The highest BCUT2D eigenvalue weighted by atomic mass is 35.5. The molecule has 1 amide bonds. The molecule has 0 spiro atoms. The number of imidazole rings is 1. The van der Waals surface area contributed by atoms with Crippen molar-refractivity contribution in [1.82, 2.24) is 24.8 Å². The number of amides is 1. The maximum Gasteiger partial charge on any atom is 0.243 e. The summed E-state index contributed by atoms with van der Waals surface area (Å²) in [5.41, 5.74) is 0.929. The van der Waals surface area contributed by atoms with Crippen molar-refractivity contribution in [1.29, 1.82) is 0 Å². The first-order valence-electron chi connectivity index (χ1n) is 11.3. The number of ether oxygens (including phenoxy) is 2. The maximum absolute atomic E-state index is 13.5. The van der Waals surface area contributed by atoms with Gasteiger partial charge in [-0.1, -0.05) is 30.5 Å². The van der Waals surface area contributed by atoms with Crippen LogP contribution in [0.2, 0.25) is 5.15 Å². The number of nitrogens with zero attached hydrogens (tertiary/aromatic N) is 5. The summed E-state index contributed by atoms with van der Waals surface area (Å²) in [5.74, 6) is 2.27. The maximum atomic E-state index is 13.5. The first kappa shape index (κ1) is 23.8. The van der Waals surface area contributed by atoms with Gasteiger partial charge in [0, 0.05) is 25.0 Å². The minimum absolute atomic E-state index is 0.0527. The van der Waals surface area contributed by atoms with Crippen LogP contribution in [0.15, 0.2) is 43.0 Å². The molecule has 180 valence electrons. The Kier molecular flexibility index (Phi) is 7.52. The standard InChI is InChI=1S/C24H29ClN6O3/c1-16(17-8-9-19(33-2)20(13-17)34-3)27-23(32)18-7-5-4-6-11-31(18)22-14-21(25)28-24(29-22)30-12-10-26-15-30/h8-10,12-16,18H,4-7,11H2,1-3H3,(H,27,32). The van der Waals surface area contributed by atoms with Crippen LogP contribution < -0.4 is 19.7 Å². The van der Waals surface area contributed by atoms with E-state index in [0.717, 1.165) is 31.2 Å². The van der Waals surface area contributed by atoms with E-state index >= 15 is 0 Å². The second kappa shape index (κ2) is 10.7. The molecule has 1 N–H and O–H groups in total. The number of carbonyl (C=O) groups excluding carboxylic acids is 1.